The summed E-state index contributed by atoms with van der Waals surface area (Å²) < 4.78 is 8.43. The normalized spacial score (nSPS) is 11.5. The molecule has 0 aliphatic carbocycles. The molecule has 0 fully saturated rings. The first-order valence-corrected chi connectivity index (χ1v) is 13.5. The number of ether oxygens (including phenoxy) is 1. The molecule has 1 aromatic heterocycles. The van der Waals surface area contributed by atoms with Gasteiger partial charge in [0.1, 0.15) is 5.76 Å². The van der Waals surface area contributed by atoms with Crippen LogP contribution in [0.4, 0.5) is 0 Å². The Morgan fingerprint density at radius 1 is 0.675 bits per heavy atom. The van der Waals surface area contributed by atoms with Crippen LogP contribution in [0.2, 0.25) is 5.02 Å². The van der Waals surface area contributed by atoms with Gasteiger partial charge in [-0.3, -0.25) is 0 Å². The highest BCUT2D eigenvalue weighted by Gasteiger charge is 2.20. The van der Waals surface area contributed by atoms with Crippen LogP contribution in [0.1, 0.15) is 27.0 Å². The van der Waals surface area contributed by atoms with Crippen molar-refractivity contribution in [3.63, 3.8) is 0 Å². The van der Waals surface area contributed by atoms with Crippen molar-refractivity contribution in [2.24, 2.45) is 0 Å². The Morgan fingerprint density at radius 2 is 1.25 bits per heavy atom. The summed E-state index contributed by atoms with van der Waals surface area (Å²) in [7, 11) is 0. The Labute approximate surface area is 238 Å². The minimum absolute atomic E-state index is 0.406. The SMILES string of the molecule is O=C(O/C(=C\c1c(-c2ccc(Cl)cc2)n(Cc2ccccc2)c2ccccc12)c1ccccc1)c1ccccc1. The van der Waals surface area contributed by atoms with Crippen molar-refractivity contribution in [2.75, 3.05) is 0 Å². The summed E-state index contributed by atoms with van der Waals surface area (Å²) in [6, 6.07) is 45.4. The van der Waals surface area contributed by atoms with Gasteiger partial charge in [0.15, 0.2) is 0 Å². The van der Waals surface area contributed by atoms with Gasteiger partial charge in [0.05, 0.1) is 11.3 Å². The predicted molar refractivity (Wildman–Crippen MR) is 164 cm³/mol. The molecule has 0 saturated heterocycles. The highest BCUT2D eigenvalue weighted by atomic mass is 35.5. The number of aromatic nitrogens is 1. The maximum atomic E-state index is 13.2. The molecule has 6 rings (SSSR count). The van der Waals surface area contributed by atoms with Crippen LogP contribution in [0, 0.1) is 0 Å². The Bertz CT molecular complexity index is 1790. The molecule has 0 N–H and O–H groups in total. The largest absolute Gasteiger partial charge is 0.422 e. The third-order valence-corrected chi connectivity index (χ3v) is 7.11. The molecule has 3 nitrogen and oxygen atoms in total. The molecule has 194 valence electrons. The van der Waals surface area contributed by atoms with Crippen LogP contribution in [0.25, 0.3) is 34.0 Å². The first-order chi connectivity index (χ1) is 19.7. The van der Waals surface area contributed by atoms with E-state index in [9.17, 15) is 4.79 Å². The molecule has 0 aliphatic rings. The maximum Gasteiger partial charge on any atom is 0.343 e. The molecule has 6 aromatic rings. The third-order valence-electron chi connectivity index (χ3n) is 6.86. The number of carbonyl (C=O) groups is 1. The second-order valence-electron chi connectivity index (χ2n) is 9.49. The maximum absolute atomic E-state index is 13.2. The molecule has 0 atom stereocenters. The van der Waals surface area contributed by atoms with Crippen molar-refractivity contribution in [3.05, 3.63) is 167 Å². The van der Waals surface area contributed by atoms with Crippen LogP contribution in [0.15, 0.2) is 140 Å². The Balaban J connectivity index is 1.59. The molecule has 5 aromatic carbocycles. The molecular weight excluding hydrogens is 514 g/mol. The standard InChI is InChI=1S/C36H26ClNO2/c37-30-22-20-28(21-23-30)35-32(31-18-10-11-19-33(31)38(35)25-26-12-4-1-5-13-26)24-34(27-14-6-2-7-15-27)40-36(39)29-16-8-3-9-17-29/h1-24H,25H2/b34-24-. The van der Waals surface area contributed by atoms with Crippen molar-refractivity contribution in [1.82, 2.24) is 4.57 Å². The van der Waals surface area contributed by atoms with Crippen LogP contribution >= 0.6 is 11.6 Å². The zero-order valence-electron chi connectivity index (χ0n) is 21.7. The van der Waals surface area contributed by atoms with Crippen LogP contribution in [0.3, 0.4) is 0 Å². The summed E-state index contributed by atoms with van der Waals surface area (Å²) >= 11 is 6.29. The third kappa shape index (κ3) is 5.33. The van der Waals surface area contributed by atoms with Gasteiger partial charge in [-0.1, -0.05) is 121 Å². The summed E-state index contributed by atoms with van der Waals surface area (Å²) in [4.78, 5) is 13.2. The van der Waals surface area contributed by atoms with Gasteiger partial charge in [0.25, 0.3) is 0 Å². The smallest absolute Gasteiger partial charge is 0.343 e. The lowest BCUT2D eigenvalue weighted by atomic mass is 10.0. The zero-order valence-corrected chi connectivity index (χ0v) is 22.5. The van der Waals surface area contributed by atoms with Crippen LogP contribution in [0.5, 0.6) is 0 Å². The monoisotopic (exact) mass is 539 g/mol. The van der Waals surface area contributed by atoms with E-state index in [4.69, 9.17) is 16.3 Å². The van der Waals surface area contributed by atoms with Crippen molar-refractivity contribution in [3.8, 4) is 11.3 Å². The fourth-order valence-corrected chi connectivity index (χ4v) is 5.09. The lowest BCUT2D eigenvalue weighted by molar-refractivity contribution is 0.0693. The number of hydrogen-bond donors (Lipinski definition) is 0. The van der Waals surface area contributed by atoms with E-state index in [1.165, 1.54) is 5.56 Å². The number of nitrogens with zero attached hydrogens (tertiary/aromatic N) is 1. The average molecular weight is 540 g/mol. The van der Waals surface area contributed by atoms with Gasteiger partial charge >= 0.3 is 5.97 Å². The van der Waals surface area contributed by atoms with Crippen LogP contribution < -0.4 is 0 Å². The Hall–Kier alpha value is -4.86. The Kier molecular flexibility index (Phi) is 7.30. The van der Waals surface area contributed by atoms with E-state index in [-0.39, 0.29) is 0 Å². The van der Waals surface area contributed by atoms with Crippen molar-refractivity contribution in [2.45, 2.75) is 6.54 Å². The number of benzene rings is 5. The van der Waals surface area contributed by atoms with E-state index in [0.29, 0.717) is 22.9 Å². The van der Waals surface area contributed by atoms with Crippen LogP contribution in [-0.2, 0) is 11.3 Å². The first-order valence-electron chi connectivity index (χ1n) is 13.1. The number of fused-ring (bicyclic) bond motifs is 1. The van der Waals surface area contributed by atoms with Gasteiger partial charge in [-0.2, -0.15) is 0 Å². The fraction of sp³-hybridized carbons (Fsp3) is 0.0278. The van der Waals surface area contributed by atoms with Gasteiger partial charge in [0, 0.05) is 33.6 Å². The lowest BCUT2D eigenvalue weighted by Crippen LogP contribution is -2.05. The minimum atomic E-state index is -0.406. The highest BCUT2D eigenvalue weighted by molar-refractivity contribution is 6.30. The van der Waals surface area contributed by atoms with Crippen molar-refractivity contribution < 1.29 is 9.53 Å². The van der Waals surface area contributed by atoms with Gasteiger partial charge < -0.3 is 9.30 Å². The van der Waals surface area contributed by atoms with E-state index in [2.05, 4.69) is 47.0 Å². The molecule has 1 heterocycles. The zero-order chi connectivity index (χ0) is 27.3. The topological polar surface area (TPSA) is 31.2 Å². The van der Waals surface area contributed by atoms with Crippen LogP contribution in [-0.4, -0.2) is 10.5 Å². The van der Waals surface area contributed by atoms with E-state index >= 15 is 0 Å². The number of carbonyl (C=O) groups excluding carboxylic acids is 1. The number of esters is 1. The second kappa shape index (κ2) is 11.5. The van der Waals surface area contributed by atoms with Crippen molar-refractivity contribution >= 4 is 40.3 Å². The summed E-state index contributed by atoms with van der Waals surface area (Å²) in [6.45, 7) is 0.678. The van der Waals surface area contributed by atoms with Crippen molar-refractivity contribution in [1.29, 1.82) is 0 Å². The second-order valence-corrected chi connectivity index (χ2v) is 9.92. The van der Waals surface area contributed by atoms with Gasteiger partial charge in [-0.25, -0.2) is 4.79 Å². The molecule has 0 amide bonds. The molecule has 40 heavy (non-hydrogen) atoms. The molecule has 0 radical (unpaired) electrons. The minimum Gasteiger partial charge on any atom is -0.422 e. The number of para-hydroxylation sites is 1. The van der Waals surface area contributed by atoms with E-state index in [1.807, 2.05) is 91.0 Å². The van der Waals surface area contributed by atoms with E-state index < -0.39 is 5.97 Å². The average Bonchev–Trinajstić information content (AvgIpc) is 3.31. The van der Waals surface area contributed by atoms with E-state index in [0.717, 1.165) is 33.3 Å². The summed E-state index contributed by atoms with van der Waals surface area (Å²) in [5.74, 6) is 0.0732. The summed E-state index contributed by atoms with van der Waals surface area (Å²) in [5.41, 5.74) is 6.59. The number of halogens is 1. The fourth-order valence-electron chi connectivity index (χ4n) is 4.96. The molecule has 0 bridgehead atoms. The molecule has 4 heteroatoms. The highest BCUT2D eigenvalue weighted by Crippen LogP contribution is 2.38. The predicted octanol–water partition coefficient (Wildman–Crippen LogP) is 9.37. The van der Waals surface area contributed by atoms with Gasteiger partial charge in [0.2, 0.25) is 0 Å². The van der Waals surface area contributed by atoms with E-state index in [1.54, 1.807) is 12.1 Å². The molecule has 0 saturated carbocycles. The number of hydrogen-bond acceptors (Lipinski definition) is 2. The Morgan fingerprint density at radius 3 is 1.93 bits per heavy atom. The number of rotatable bonds is 7. The summed E-state index contributed by atoms with van der Waals surface area (Å²) in [5, 5.41) is 1.74. The first kappa shape index (κ1) is 25.4. The quantitative estimate of drug-likeness (QED) is 0.149. The summed E-state index contributed by atoms with van der Waals surface area (Å²) in [6.07, 6.45) is 1.99. The molecular formula is C36H26ClNO2. The lowest BCUT2D eigenvalue weighted by Gasteiger charge is -2.14. The molecule has 0 aliphatic heterocycles. The molecule has 0 unspecified atom stereocenters. The van der Waals surface area contributed by atoms with Gasteiger partial charge in [-0.15, -0.1) is 0 Å². The van der Waals surface area contributed by atoms with Gasteiger partial charge in [-0.05, 0) is 47.5 Å². The molecule has 0 spiro atoms.